The second-order valence-corrected chi connectivity index (χ2v) is 7.03. The molecule has 1 aliphatic rings. The Hall–Kier alpha value is -2.77. The molecule has 0 radical (unpaired) electrons. The first-order chi connectivity index (χ1) is 12.9. The van der Waals surface area contributed by atoms with Gasteiger partial charge in [-0.2, -0.15) is 0 Å². The van der Waals surface area contributed by atoms with E-state index in [9.17, 15) is 9.59 Å². The number of nitrogens with zero attached hydrogens (tertiary/aromatic N) is 2. The molecular weight excluding hydrogens is 388 g/mol. The van der Waals surface area contributed by atoms with Crippen LogP contribution in [0.2, 0.25) is 5.02 Å². The number of carboxylic acid groups (broad SMARTS) is 1. The number of halogens is 1. The molecule has 0 saturated carbocycles. The monoisotopic (exact) mass is 402 g/mol. The Bertz CT molecular complexity index is 970. The molecule has 6 nitrogen and oxygen atoms in total. The molecule has 1 aliphatic heterocycles. The van der Waals surface area contributed by atoms with E-state index in [1.165, 1.54) is 35.9 Å². The zero-order valence-corrected chi connectivity index (χ0v) is 16.0. The highest BCUT2D eigenvalue weighted by molar-refractivity contribution is 8.18. The fourth-order valence-electron chi connectivity index (χ4n) is 2.36. The van der Waals surface area contributed by atoms with Crippen LogP contribution in [-0.2, 0) is 4.79 Å². The van der Waals surface area contributed by atoms with Gasteiger partial charge in [-0.1, -0.05) is 17.7 Å². The summed E-state index contributed by atoms with van der Waals surface area (Å²) in [5.74, 6) is -0.610. The Morgan fingerprint density at radius 3 is 2.56 bits per heavy atom. The van der Waals surface area contributed by atoms with E-state index in [4.69, 9.17) is 21.4 Å². The number of amides is 1. The number of hydrogen-bond acceptors (Lipinski definition) is 5. The number of thioether (sulfide) groups is 1. The van der Waals surface area contributed by atoms with Gasteiger partial charge in [0.2, 0.25) is 0 Å². The molecule has 0 aromatic heterocycles. The molecule has 0 atom stereocenters. The molecule has 0 unspecified atom stereocenters. The fourth-order valence-corrected chi connectivity index (χ4v) is 3.62. The quantitative estimate of drug-likeness (QED) is 0.772. The van der Waals surface area contributed by atoms with Crippen molar-refractivity contribution in [1.82, 2.24) is 4.90 Å². The van der Waals surface area contributed by atoms with Crippen LogP contribution < -0.4 is 4.74 Å². The summed E-state index contributed by atoms with van der Waals surface area (Å²) in [6.07, 6.45) is 1.74. The van der Waals surface area contributed by atoms with Crippen molar-refractivity contribution in [3.63, 3.8) is 0 Å². The molecule has 0 spiro atoms. The van der Waals surface area contributed by atoms with Crippen molar-refractivity contribution in [1.29, 1.82) is 0 Å². The highest BCUT2D eigenvalue weighted by Crippen LogP contribution is 2.34. The third-order valence-corrected chi connectivity index (χ3v) is 5.17. The zero-order valence-electron chi connectivity index (χ0n) is 14.5. The van der Waals surface area contributed by atoms with Gasteiger partial charge in [-0.05, 0) is 59.8 Å². The van der Waals surface area contributed by atoms with E-state index in [1.54, 1.807) is 37.4 Å². The van der Waals surface area contributed by atoms with Crippen molar-refractivity contribution >= 4 is 52.2 Å². The average Bonchev–Trinajstić information content (AvgIpc) is 2.90. The Balaban J connectivity index is 1.85. The molecule has 27 heavy (non-hydrogen) atoms. The molecule has 1 saturated heterocycles. The number of likely N-dealkylation sites (N-methyl/N-ethyl adjacent to an activating group) is 1. The first-order valence-corrected chi connectivity index (χ1v) is 9.01. The summed E-state index contributed by atoms with van der Waals surface area (Å²) in [4.78, 5) is 29.8. The van der Waals surface area contributed by atoms with E-state index >= 15 is 0 Å². The predicted molar refractivity (Wildman–Crippen MR) is 107 cm³/mol. The maximum atomic E-state index is 12.5. The SMILES string of the molecule is COc1ccc(/C=C2\SC(=Nc3ccc(C(=O)O)cc3)N(C)C2=O)cc1Cl. The molecule has 0 bridgehead atoms. The standard InChI is InChI=1S/C19H15ClN2O4S/c1-22-17(23)16(10-11-3-8-15(26-2)14(20)9-11)27-19(22)21-13-6-4-12(5-7-13)18(24)25/h3-10H,1-2H3,(H,24,25)/b16-10-,21-19?. The molecule has 138 valence electrons. The summed E-state index contributed by atoms with van der Waals surface area (Å²) < 4.78 is 5.13. The molecule has 8 heteroatoms. The van der Waals surface area contributed by atoms with Crippen molar-refractivity contribution in [3.05, 3.63) is 63.5 Å². The summed E-state index contributed by atoms with van der Waals surface area (Å²) in [6.45, 7) is 0. The topological polar surface area (TPSA) is 79.2 Å². The predicted octanol–water partition coefficient (Wildman–Crippen LogP) is 4.28. The Kier molecular flexibility index (Phi) is 5.53. The zero-order chi connectivity index (χ0) is 19.6. The molecular formula is C19H15ClN2O4S. The molecule has 1 N–H and O–H groups in total. The van der Waals surface area contributed by atoms with Gasteiger partial charge < -0.3 is 9.84 Å². The van der Waals surface area contributed by atoms with Crippen molar-refractivity contribution in [2.75, 3.05) is 14.2 Å². The second kappa shape index (κ2) is 7.85. The van der Waals surface area contributed by atoms with Gasteiger partial charge in [0.05, 0.1) is 28.3 Å². The van der Waals surface area contributed by atoms with Crippen LogP contribution in [0.1, 0.15) is 15.9 Å². The Labute approximate surface area is 165 Å². The van der Waals surface area contributed by atoms with Crippen LogP contribution >= 0.6 is 23.4 Å². The number of ether oxygens (including phenoxy) is 1. The van der Waals surface area contributed by atoms with Gasteiger partial charge in [0, 0.05) is 7.05 Å². The number of benzene rings is 2. The number of carbonyl (C=O) groups is 2. The second-order valence-electron chi connectivity index (χ2n) is 5.62. The highest BCUT2D eigenvalue weighted by Gasteiger charge is 2.30. The van der Waals surface area contributed by atoms with Crippen molar-refractivity contribution in [2.24, 2.45) is 4.99 Å². The molecule has 1 heterocycles. The minimum Gasteiger partial charge on any atom is -0.495 e. The summed E-state index contributed by atoms with van der Waals surface area (Å²) >= 11 is 7.37. The number of carbonyl (C=O) groups excluding carboxylic acids is 1. The molecule has 1 fully saturated rings. The maximum absolute atomic E-state index is 12.5. The summed E-state index contributed by atoms with van der Waals surface area (Å²) in [6, 6.07) is 11.4. The van der Waals surface area contributed by atoms with Gasteiger partial charge >= 0.3 is 5.97 Å². The minimum atomic E-state index is -1.000. The van der Waals surface area contributed by atoms with E-state index in [-0.39, 0.29) is 11.5 Å². The van der Waals surface area contributed by atoms with Crippen molar-refractivity contribution < 1.29 is 19.4 Å². The van der Waals surface area contributed by atoms with Crippen molar-refractivity contribution in [3.8, 4) is 5.75 Å². The van der Waals surface area contributed by atoms with Crippen LogP contribution in [0.3, 0.4) is 0 Å². The van der Waals surface area contributed by atoms with Gasteiger partial charge in [-0.3, -0.25) is 9.69 Å². The summed E-state index contributed by atoms with van der Waals surface area (Å²) in [7, 11) is 3.18. The van der Waals surface area contributed by atoms with Crippen LogP contribution in [0.4, 0.5) is 5.69 Å². The van der Waals surface area contributed by atoms with Gasteiger partial charge in [-0.15, -0.1) is 0 Å². The van der Waals surface area contributed by atoms with E-state index in [1.807, 2.05) is 6.07 Å². The Morgan fingerprint density at radius 1 is 1.26 bits per heavy atom. The first kappa shape index (κ1) is 19.0. The molecule has 2 aromatic rings. The third kappa shape index (κ3) is 4.15. The van der Waals surface area contributed by atoms with Crippen LogP contribution in [0.25, 0.3) is 6.08 Å². The van der Waals surface area contributed by atoms with E-state index in [0.717, 1.165) is 5.56 Å². The largest absolute Gasteiger partial charge is 0.495 e. The van der Waals surface area contributed by atoms with Crippen LogP contribution in [0.5, 0.6) is 5.75 Å². The van der Waals surface area contributed by atoms with Gasteiger partial charge in [0.25, 0.3) is 5.91 Å². The van der Waals surface area contributed by atoms with Gasteiger partial charge in [-0.25, -0.2) is 9.79 Å². The lowest BCUT2D eigenvalue weighted by Crippen LogP contribution is -2.23. The molecule has 0 aliphatic carbocycles. The van der Waals surface area contributed by atoms with E-state index < -0.39 is 5.97 Å². The maximum Gasteiger partial charge on any atom is 0.335 e. The number of rotatable bonds is 4. The van der Waals surface area contributed by atoms with Gasteiger partial charge in [0.1, 0.15) is 5.75 Å². The lowest BCUT2D eigenvalue weighted by molar-refractivity contribution is -0.121. The number of amidine groups is 1. The number of methoxy groups -OCH3 is 1. The summed E-state index contributed by atoms with van der Waals surface area (Å²) in [5.41, 5.74) is 1.52. The number of aromatic carboxylic acids is 1. The van der Waals surface area contributed by atoms with Crippen LogP contribution in [-0.4, -0.2) is 41.2 Å². The number of carboxylic acids is 1. The lowest BCUT2D eigenvalue weighted by atomic mass is 10.2. The average molecular weight is 403 g/mol. The van der Waals surface area contributed by atoms with Crippen molar-refractivity contribution in [2.45, 2.75) is 0 Å². The molecule has 2 aromatic carbocycles. The minimum absolute atomic E-state index is 0.173. The van der Waals surface area contributed by atoms with Crippen LogP contribution in [0.15, 0.2) is 52.4 Å². The normalized spacial score (nSPS) is 17.0. The third-order valence-electron chi connectivity index (χ3n) is 3.82. The first-order valence-electron chi connectivity index (χ1n) is 7.82. The molecule has 3 rings (SSSR count). The number of hydrogen-bond donors (Lipinski definition) is 1. The smallest absolute Gasteiger partial charge is 0.335 e. The molecule has 1 amide bonds. The van der Waals surface area contributed by atoms with E-state index in [2.05, 4.69) is 4.99 Å². The number of aliphatic imine (C=N–C) groups is 1. The Morgan fingerprint density at radius 2 is 1.96 bits per heavy atom. The lowest BCUT2D eigenvalue weighted by Gasteiger charge is -2.07. The highest BCUT2D eigenvalue weighted by atomic mass is 35.5. The van der Waals surface area contributed by atoms with Crippen LogP contribution in [0, 0.1) is 0 Å². The van der Waals surface area contributed by atoms with E-state index in [0.29, 0.717) is 26.5 Å². The summed E-state index contributed by atoms with van der Waals surface area (Å²) in [5, 5.41) is 9.92. The van der Waals surface area contributed by atoms with Gasteiger partial charge in [0.15, 0.2) is 5.17 Å². The fraction of sp³-hybridized carbons (Fsp3) is 0.105.